The van der Waals surface area contributed by atoms with Gasteiger partial charge in [0, 0.05) is 5.69 Å². The summed E-state index contributed by atoms with van der Waals surface area (Å²) in [5, 5.41) is 14.7. The highest BCUT2D eigenvalue weighted by atomic mass is 16.4. The molecule has 0 unspecified atom stereocenters. The van der Waals surface area contributed by atoms with Crippen molar-refractivity contribution in [2.45, 2.75) is 20.4 Å². The number of hydrogen-bond donors (Lipinski definition) is 0. The van der Waals surface area contributed by atoms with E-state index in [-0.39, 0.29) is 5.69 Å². The van der Waals surface area contributed by atoms with Crippen molar-refractivity contribution < 1.29 is 9.90 Å². The first-order valence-electron chi connectivity index (χ1n) is 5.37. The lowest BCUT2D eigenvalue weighted by Crippen LogP contribution is -2.23. The van der Waals surface area contributed by atoms with Crippen LogP contribution in [-0.2, 0) is 6.54 Å². The number of hydrogen-bond acceptors (Lipinski definition) is 3. The second-order valence-corrected chi connectivity index (χ2v) is 4.10. The summed E-state index contributed by atoms with van der Waals surface area (Å²) in [6.07, 6.45) is 0. The smallest absolute Gasteiger partial charge is 0.108 e. The lowest BCUT2D eigenvalue weighted by atomic mass is 10.1. The lowest BCUT2D eigenvalue weighted by Gasteiger charge is -2.05. The van der Waals surface area contributed by atoms with Gasteiger partial charge in [-0.15, -0.1) is 0 Å². The Labute approximate surface area is 99.5 Å². The molecule has 2 rings (SSSR count). The number of aromatic carboxylic acids is 1. The minimum absolute atomic E-state index is 0.0189. The van der Waals surface area contributed by atoms with Crippen molar-refractivity contribution in [2.75, 3.05) is 0 Å². The van der Waals surface area contributed by atoms with Gasteiger partial charge in [-0.3, -0.25) is 4.68 Å². The molecule has 1 aromatic heterocycles. The molecular weight excluding hydrogens is 216 g/mol. The van der Waals surface area contributed by atoms with Crippen LogP contribution in [0.1, 0.15) is 27.3 Å². The fourth-order valence-electron chi connectivity index (χ4n) is 1.64. The van der Waals surface area contributed by atoms with Crippen LogP contribution in [0, 0.1) is 13.8 Å². The zero-order valence-electron chi connectivity index (χ0n) is 9.80. The summed E-state index contributed by atoms with van der Waals surface area (Å²) in [6, 6.07) is 9.58. The fourth-order valence-corrected chi connectivity index (χ4v) is 1.64. The van der Waals surface area contributed by atoms with Crippen molar-refractivity contribution in [3.8, 4) is 0 Å². The first-order chi connectivity index (χ1) is 8.06. The van der Waals surface area contributed by atoms with Gasteiger partial charge in [-0.2, -0.15) is 5.10 Å². The Kier molecular flexibility index (Phi) is 2.95. The lowest BCUT2D eigenvalue weighted by molar-refractivity contribution is -0.255. The van der Waals surface area contributed by atoms with E-state index < -0.39 is 5.97 Å². The van der Waals surface area contributed by atoms with Crippen molar-refractivity contribution in [1.29, 1.82) is 0 Å². The van der Waals surface area contributed by atoms with E-state index in [0.29, 0.717) is 6.54 Å². The van der Waals surface area contributed by atoms with Crippen LogP contribution >= 0.6 is 0 Å². The van der Waals surface area contributed by atoms with E-state index in [2.05, 4.69) is 5.10 Å². The summed E-state index contributed by atoms with van der Waals surface area (Å²) in [6.45, 7) is 4.42. The van der Waals surface area contributed by atoms with Gasteiger partial charge in [-0.05, 0) is 25.5 Å². The molecule has 0 radical (unpaired) electrons. The van der Waals surface area contributed by atoms with Crippen LogP contribution < -0.4 is 5.11 Å². The zero-order valence-corrected chi connectivity index (χ0v) is 9.80. The van der Waals surface area contributed by atoms with Crippen LogP contribution in [0.4, 0.5) is 0 Å². The van der Waals surface area contributed by atoms with Crippen LogP contribution in [0.25, 0.3) is 0 Å². The molecule has 1 heterocycles. The third kappa shape index (κ3) is 2.53. The maximum absolute atomic E-state index is 10.7. The maximum atomic E-state index is 10.7. The number of carbonyl (C=O) groups is 1. The number of aromatic nitrogens is 2. The Bertz CT molecular complexity index is 541. The van der Waals surface area contributed by atoms with Gasteiger partial charge in [0.1, 0.15) is 5.69 Å². The van der Waals surface area contributed by atoms with Crippen LogP contribution in [0.5, 0.6) is 0 Å². The molecule has 0 atom stereocenters. The summed E-state index contributed by atoms with van der Waals surface area (Å²) >= 11 is 0. The average Bonchev–Trinajstić information content (AvgIpc) is 2.64. The number of rotatable bonds is 3. The van der Waals surface area contributed by atoms with Crippen molar-refractivity contribution in [1.82, 2.24) is 9.78 Å². The summed E-state index contributed by atoms with van der Waals surface area (Å²) in [5.41, 5.74) is 3.08. The fraction of sp³-hybridized carbons (Fsp3) is 0.231. The van der Waals surface area contributed by atoms with E-state index in [1.807, 2.05) is 38.1 Å². The van der Waals surface area contributed by atoms with Crippen molar-refractivity contribution in [3.63, 3.8) is 0 Å². The predicted octanol–water partition coefficient (Wildman–Crippen LogP) is 0.912. The normalized spacial score (nSPS) is 10.5. The van der Waals surface area contributed by atoms with Gasteiger partial charge in [0.05, 0.1) is 12.5 Å². The van der Waals surface area contributed by atoms with Crippen molar-refractivity contribution >= 4 is 5.97 Å². The number of carboxylic acid groups (broad SMARTS) is 1. The molecule has 4 heteroatoms. The molecule has 0 aliphatic heterocycles. The van der Waals surface area contributed by atoms with Gasteiger partial charge in [0.15, 0.2) is 0 Å². The van der Waals surface area contributed by atoms with Gasteiger partial charge >= 0.3 is 0 Å². The first-order valence-corrected chi connectivity index (χ1v) is 5.37. The molecule has 0 amide bonds. The van der Waals surface area contributed by atoms with Crippen LogP contribution in [0.2, 0.25) is 0 Å². The first kappa shape index (κ1) is 11.4. The molecule has 1 aromatic carbocycles. The standard InChI is InChI=1S/C13H14N2O2/c1-9-3-5-11(6-4-9)8-15-10(2)7-12(14-15)13(16)17/h3-7H,8H2,1-2H3,(H,16,17)/p-1. The molecule has 0 fully saturated rings. The molecule has 0 aliphatic carbocycles. The number of benzene rings is 1. The van der Waals surface area contributed by atoms with E-state index in [4.69, 9.17) is 0 Å². The highest BCUT2D eigenvalue weighted by Gasteiger charge is 2.05. The van der Waals surface area contributed by atoms with Gasteiger partial charge in [0.25, 0.3) is 0 Å². The Morgan fingerprint density at radius 2 is 1.94 bits per heavy atom. The molecular formula is C13H13N2O2-. The molecule has 0 N–H and O–H groups in total. The number of carbonyl (C=O) groups excluding carboxylic acids is 1. The van der Waals surface area contributed by atoms with Gasteiger partial charge in [0.2, 0.25) is 0 Å². The number of nitrogens with zero attached hydrogens (tertiary/aromatic N) is 2. The largest absolute Gasteiger partial charge is 0.543 e. The molecule has 0 bridgehead atoms. The summed E-state index contributed by atoms with van der Waals surface area (Å²) in [5.74, 6) is -1.24. The minimum Gasteiger partial charge on any atom is -0.543 e. The Balaban J connectivity index is 2.24. The molecule has 4 nitrogen and oxygen atoms in total. The molecule has 0 saturated carbocycles. The van der Waals surface area contributed by atoms with Crippen molar-refractivity contribution in [3.05, 3.63) is 52.8 Å². The third-order valence-electron chi connectivity index (χ3n) is 2.64. The predicted molar refractivity (Wildman–Crippen MR) is 61.6 cm³/mol. The second-order valence-electron chi connectivity index (χ2n) is 4.10. The maximum Gasteiger partial charge on any atom is 0.108 e. The highest BCUT2D eigenvalue weighted by Crippen LogP contribution is 2.08. The third-order valence-corrected chi connectivity index (χ3v) is 2.64. The van der Waals surface area contributed by atoms with E-state index in [9.17, 15) is 9.90 Å². The topological polar surface area (TPSA) is 58.0 Å². The van der Waals surface area contributed by atoms with Crippen molar-refractivity contribution in [2.24, 2.45) is 0 Å². The molecule has 0 aliphatic rings. The van der Waals surface area contributed by atoms with E-state index in [0.717, 1.165) is 11.3 Å². The summed E-state index contributed by atoms with van der Waals surface area (Å²) in [7, 11) is 0. The quantitative estimate of drug-likeness (QED) is 0.786. The molecule has 2 aromatic rings. The summed E-state index contributed by atoms with van der Waals surface area (Å²) < 4.78 is 1.66. The van der Waals surface area contributed by atoms with E-state index in [1.165, 1.54) is 11.6 Å². The van der Waals surface area contributed by atoms with E-state index in [1.54, 1.807) is 4.68 Å². The molecule has 17 heavy (non-hydrogen) atoms. The molecule has 0 spiro atoms. The van der Waals surface area contributed by atoms with Gasteiger partial charge in [-0.25, -0.2) is 0 Å². The number of carboxylic acids is 1. The highest BCUT2D eigenvalue weighted by molar-refractivity contribution is 5.83. The molecule has 88 valence electrons. The van der Waals surface area contributed by atoms with Gasteiger partial charge < -0.3 is 9.90 Å². The molecule has 0 saturated heterocycles. The van der Waals surface area contributed by atoms with Crippen LogP contribution in [0.3, 0.4) is 0 Å². The zero-order chi connectivity index (χ0) is 12.4. The minimum atomic E-state index is -1.24. The van der Waals surface area contributed by atoms with Crippen LogP contribution in [-0.4, -0.2) is 15.7 Å². The Morgan fingerprint density at radius 1 is 1.29 bits per heavy atom. The monoisotopic (exact) mass is 229 g/mol. The Hall–Kier alpha value is -2.10. The van der Waals surface area contributed by atoms with Gasteiger partial charge in [-0.1, -0.05) is 29.8 Å². The Morgan fingerprint density at radius 3 is 2.47 bits per heavy atom. The summed E-state index contributed by atoms with van der Waals surface area (Å²) in [4.78, 5) is 10.7. The van der Waals surface area contributed by atoms with E-state index >= 15 is 0 Å². The van der Waals surface area contributed by atoms with Crippen LogP contribution in [0.15, 0.2) is 30.3 Å². The average molecular weight is 229 g/mol. The number of aryl methyl sites for hydroxylation is 2. The SMILES string of the molecule is Cc1ccc(Cn2nc(C(=O)[O-])cc2C)cc1. The second kappa shape index (κ2) is 4.41.